The van der Waals surface area contributed by atoms with Crippen molar-refractivity contribution in [1.29, 1.82) is 0 Å². The molecular formula is C16H26N4O2S. The van der Waals surface area contributed by atoms with Crippen LogP contribution in [0.2, 0.25) is 0 Å². The molecule has 1 aromatic heterocycles. The summed E-state index contributed by atoms with van der Waals surface area (Å²) in [6.45, 7) is 6.10. The number of thiazole rings is 1. The van der Waals surface area contributed by atoms with Crippen LogP contribution in [-0.2, 0) is 11.2 Å². The highest BCUT2D eigenvalue weighted by atomic mass is 32.1. The molecule has 23 heavy (non-hydrogen) atoms. The summed E-state index contributed by atoms with van der Waals surface area (Å²) in [5, 5.41) is 6.12. The van der Waals surface area contributed by atoms with Crippen LogP contribution in [0.4, 0.5) is 4.79 Å². The quantitative estimate of drug-likeness (QED) is 0.886. The Labute approximate surface area is 141 Å². The first-order chi connectivity index (χ1) is 11.3. The molecule has 2 amide bonds. The number of rotatable bonds is 5. The van der Waals surface area contributed by atoms with Crippen molar-refractivity contribution < 1.29 is 9.53 Å². The molecule has 2 aliphatic rings. The van der Waals surface area contributed by atoms with Gasteiger partial charge in [0.2, 0.25) is 0 Å². The van der Waals surface area contributed by atoms with Crippen LogP contribution in [0.15, 0.2) is 11.6 Å². The molecule has 128 valence electrons. The molecule has 3 rings (SSSR count). The molecule has 0 unspecified atom stereocenters. The summed E-state index contributed by atoms with van der Waals surface area (Å²) in [5.41, 5.74) is 0. The highest BCUT2D eigenvalue weighted by Gasteiger charge is 2.28. The van der Waals surface area contributed by atoms with Gasteiger partial charge in [-0.3, -0.25) is 4.90 Å². The SMILES string of the molecule is O=C(NCCc1nccs1)N1CCCC[C@@H]1CN1CCOCC1. The number of nitrogens with one attached hydrogen (secondary N) is 1. The van der Waals surface area contributed by atoms with Crippen molar-refractivity contribution in [2.45, 2.75) is 31.7 Å². The van der Waals surface area contributed by atoms with Gasteiger partial charge in [0.25, 0.3) is 0 Å². The summed E-state index contributed by atoms with van der Waals surface area (Å²) in [6.07, 6.45) is 6.06. The largest absolute Gasteiger partial charge is 0.379 e. The van der Waals surface area contributed by atoms with Gasteiger partial charge < -0.3 is 15.0 Å². The number of aromatic nitrogens is 1. The predicted molar refractivity (Wildman–Crippen MR) is 90.8 cm³/mol. The topological polar surface area (TPSA) is 57.7 Å². The van der Waals surface area contributed by atoms with Gasteiger partial charge in [-0.05, 0) is 19.3 Å². The zero-order valence-corrected chi connectivity index (χ0v) is 14.4. The molecule has 1 aromatic rings. The molecule has 0 spiro atoms. The molecule has 0 bridgehead atoms. The van der Waals surface area contributed by atoms with Crippen molar-refractivity contribution in [3.63, 3.8) is 0 Å². The van der Waals surface area contributed by atoms with Crippen LogP contribution in [-0.4, -0.2) is 72.8 Å². The van der Waals surface area contributed by atoms with Gasteiger partial charge in [-0.2, -0.15) is 0 Å². The Morgan fingerprint density at radius 3 is 3.00 bits per heavy atom. The van der Waals surface area contributed by atoms with Crippen LogP contribution < -0.4 is 5.32 Å². The van der Waals surface area contributed by atoms with Crippen LogP contribution in [0.3, 0.4) is 0 Å². The Bertz CT molecular complexity index is 476. The molecule has 0 radical (unpaired) electrons. The lowest BCUT2D eigenvalue weighted by Crippen LogP contribution is -2.54. The number of hydrogen-bond acceptors (Lipinski definition) is 5. The molecule has 6 nitrogen and oxygen atoms in total. The second-order valence-corrected chi connectivity index (χ2v) is 7.14. The fourth-order valence-corrected chi connectivity index (χ4v) is 3.91. The van der Waals surface area contributed by atoms with E-state index in [1.807, 2.05) is 16.5 Å². The molecule has 3 heterocycles. The Kier molecular flexibility index (Phi) is 6.24. The number of carbonyl (C=O) groups is 1. The van der Waals surface area contributed by atoms with Gasteiger partial charge in [0, 0.05) is 56.8 Å². The number of piperidine rings is 1. The van der Waals surface area contributed by atoms with E-state index in [4.69, 9.17) is 4.74 Å². The van der Waals surface area contributed by atoms with Gasteiger partial charge in [0.15, 0.2) is 0 Å². The Hall–Kier alpha value is -1.18. The fraction of sp³-hybridized carbons (Fsp3) is 0.750. The van der Waals surface area contributed by atoms with E-state index in [-0.39, 0.29) is 6.03 Å². The third-order valence-electron chi connectivity index (χ3n) is 4.56. The number of morpholine rings is 1. The molecular weight excluding hydrogens is 312 g/mol. The van der Waals surface area contributed by atoms with Crippen molar-refractivity contribution in [2.24, 2.45) is 0 Å². The van der Waals surface area contributed by atoms with Crippen LogP contribution >= 0.6 is 11.3 Å². The van der Waals surface area contributed by atoms with Gasteiger partial charge in [-0.25, -0.2) is 9.78 Å². The van der Waals surface area contributed by atoms with E-state index < -0.39 is 0 Å². The minimum absolute atomic E-state index is 0.0829. The standard InChI is InChI=1S/C16H26N4O2S/c21-16(18-5-4-15-17-6-12-23-15)20-7-2-1-3-14(20)13-19-8-10-22-11-9-19/h6,12,14H,1-5,7-11,13H2,(H,18,21)/t14-/m1/s1. The smallest absolute Gasteiger partial charge is 0.317 e. The molecule has 2 fully saturated rings. The molecule has 0 saturated carbocycles. The van der Waals surface area contributed by atoms with E-state index in [9.17, 15) is 4.79 Å². The second kappa shape index (κ2) is 8.61. The van der Waals surface area contributed by atoms with Crippen molar-refractivity contribution in [3.05, 3.63) is 16.6 Å². The molecule has 0 aromatic carbocycles. The average molecular weight is 338 g/mol. The normalized spacial score (nSPS) is 23.0. The van der Waals surface area contributed by atoms with Crippen molar-refractivity contribution in [2.75, 3.05) is 45.9 Å². The van der Waals surface area contributed by atoms with Crippen LogP contribution in [0, 0.1) is 0 Å². The maximum Gasteiger partial charge on any atom is 0.317 e. The van der Waals surface area contributed by atoms with Gasteiger partial charge in [0.05, 0.1) is 18.2 Å². The van der Waals surface area contributed by atoms with E-state index in [0.717, 1.165) is 63.7 Å². The highest BCUT2D eigenvalue weighted by Crippen LogP contribution is 2.18. The molecule has 1 N–H and O–H groups in total. The predicted octanol–water partition coefficient (Wildman–Crippen LogP) is 1.58. The van der Waals surface area contributed by atoms with Gasteiger partial charge in [0.1, 0.15) is 0 Å². The zero-order chi connectivity index (χ0) is 15.9. The minimum Gasteiger partial charge on any atom is -0.379 e. The molecule has 2 saturated heterocycles. The first-order valence-corrected chi connectivity index (χ1v) is 9.44. The summed E-state index contributed by atoms with van der Waals surface area (Å²) < 4.78 is 5.41. The summed E-state index contributed by atoms with van der Waals surface area (Å²) in [7, 11) is 0. The Morgan fingerprint density at radius 1 is 1.35 bits per heavy atom. The second-order valence-electron chi connectivity index (χ2n) is 6.16. The van der Waals surface area contributed by atoms with Crippen molar-refractivity contribution >= 4 is 17.4 Å². The maximum atomic E-state index is 12.5. The number of ether oxygens (including phenoxy) is 1. The summed E-state index contributed by atoms with van der Waals surface area (Å²) in [4.78, 5) is 21.3. The van der Waals surface area contributed by atoms with Crippen molar-refractivity contribution in [3.8, 4) is 0 Å². The van der Waals surface area contributed by atoms with Gasteiger partial charge in [-0.15, -0.1) is 11.3 Å². The Balaban J connectivity index is 1.47. The van der Waals surface area contributed by atoms with Gasteiger partial charge >= 0.3 is 6.03 Å². The van der Waals surface area contributed by atoms with E-state index in [2.05, 4.69) is 15.2 Å². The fourth-order valence-electron chi connectivity index (χ4n) is 3.29. The number of hydrogen-bond donors (Lipinski definition) is 1. The van der Waals surface area contributed by atoms with E-state index >= 15 is 0 Å². The number of amides is 2. The highest BCUT2D eigenvalue weighted by molar-refractivity contribution is 7.09. The number of urea groups is 1. The van der Waals surface area contributed by atoms with Crippen LogP contribution in [0.5, 0.6) is 0 Å². The van der Waals surface area contributed by atoms with Crippen LogP contribution in [0.1, 0.15) is 24.3 Å². The lowest BCUT2D eigenvalue weighted by atomic mass is 10.0. The zero-order valence-electron chi connectivity index (χ0n) is 13.6. The van der Waals surface area contributed by atoms with E-state index in [0.29, 0.717) is 12.6 Å². The first-order valence-electron chi connectivity index (χ1n) is 8.56. The number of likely N-dealkylation sites (tertiary alicyclic amines) is 1. The van der Waals surface area contributed by atoms with Crippen molar-refractivity contribution in [1.82, 2.24) is 20.1 Å². The molecule has 1 atom stereocenters. The molecule has 7 heteroatoms. The lowest BCUT2D eigenvalue weighted by molar-refractivity contribution is 0.0221. The number of carbonyl (C=O) groups excluding carboxylic acids is 1. The lowest BCUT2D eigenvalue weighted by Gasteiger charge is -2.39. The van der Waals surface area contributed by atoms with Crippen LogP contribution in [0.25, 0.3) is 0 Å². The average Bonchev–Trinajstić information content (AvgIpc) is 3.09. The minimum atomic E-state index is 0.0829. The van der Waals surface area contributed by atoms with E-state index in [1.165, 1.54) is 6.42 Å². The maximum absolute atomic E-state index is 12.5. The third-order valence-corrected chi connectivity index (χ3v) is 5.40. The summed E-state index contributed by atoms with van der Waals surface area (Å²) in [6, 6.07) is 0.418. The summed E-state index contributed by atoms with van der Waals surface area (Å²) in [5.74, 6) is 0. The monoisotopic (exact) mass is 338 g/mol. The number of nitrogens with zero attached hydrogens (tertiary/aromatic N) is 3. The van der Waals surface area contributed by atoms with Gasteiger partial charge in [-0.1, -0.05) is 0 Å². The Morgan fingerprint density at radius 2 is 2.22 bits per heavy atom. The molecule has 0 aliphatic carbocycles. The third kappa shape index (κ3) is 4.89. The molecule has 2 aliphatic heterocycles. The van der Waals surface area contributed by atoms with E-state index in [1.54, 1.807) is 11.3 Å². The first kappa shape index (κ1) is 16.7. The summed E-state index contributed by atoms with van der Waals surface area (Å²) >= 11 is 1.64.